The average molecular weight is 403 g/mol. The highest BCUT2D eigenvalue weighted by Crippen LogP contribution is 2.38. The number of ether oxygens (including phenoxy) is 1. The van der Waals surface area contributed by atoms with Gasteiger partial charge in [0.15, 0.2) is 5.60 Å². The first-order valence-electron chi connectivity index (χ1n) is 8.17. The third kappa shape index (κ3) is 5.00. The van der Waals surface area contributed by atoms with Gasteiger partial charge in [0.1, 0.15) is 5.75 Å². The Morgan fingerprint density at radius 2 is 1.63 bits per heavy atom. The number of halogens is 3. The second-order valence-corrected chi connectivity index (χ2v) is 7.64. The molecule has 148 valence electrons. The Hall–Kier alpha value is -2.10. The van der Waals surface area contributed by atoms with Gasteiger partial charge in [-0.25, -0.2) is 13.1 Å². The molecule has 0 aliphatic rings. The van der Waals surface area contributed by atoms with Crippen molar-refractivity contribution in [3.8, 4) is 5.75 Å². The van der Waals surface area contributed by atoms with Crippen LogP contribution in [0.25, 0.3) is 0 Å². The highest BCUT2D eigenvalue weighted by molar-refractivity contribution is 7.89. The van der Waals surface area contributed by atoms with Gasteiger partial charge < -0.3 is 9.84 Å². The molecule has 0 fully saturated rings. The molecule has 0 bridgehead atoms. The molecule has 5 nitrogen and oxygen atoms in total. The molecule has 0 unspecified atom stereocenters. The van der Waals surface area contributed by atoms with Crippen molar-refractivity contribution in [1.29, 1.82) is 0 Å². The zero-order chi connectivity index (χ0) is 20.1. The molecule has 0 saturated carbocycles. The molecule has 2 N–H and O–H groups in total. The van der Waals surface area contributed by atoms with Gasteiger partial charge in [-0.15, -0.1) is 0 Å². The van der Waals surface area contributed by atoms with Crippen molar-refractivity contribution in [3.05, 3.63) is 60.2 Å². The van der Waals surface area contributed by atoms with Crippen molar-refractivity contribution < 1.29 is 31.4 Å². The van der Waals surface area contributed by atoms with Crippen LogP contribution in [0.3, 0.4) is 0 Å². The molecule has 0 amide bonds. The van der Waals surface area contributed by atoms with E-state index in [-0.39, 0.29) is 4.90 Å². The van der Waals surface area contributed by atoms with Crippen LogP contribution in [0, 0.1) is 0 Å². The van der Waals surface area contributed by atoms with Crippen LogP contribution < -0.4 is 9.46 Å². The fraction of sp³-hybridized carbons (Fsp3) is 0.333. The zero-order valence-corrected chi connectivity index (χ0v) is 15.3. The lowest BCUT2D eigenvalue weighted by molar-refractivity contribution is -0.263. The largest absolute Gasteiger partial charge is 0.494 e. The average Bonchev–Trinajstić information content (AvgIpc) is 2.64. The minimum Gasteiger partial charge on any atom is -0.494 e. The van der Waals surface area contributed by atoms with Crippen LogP contribution in [-0.2, 0) is 15.6 Å². The number of nitrogens with one attached hydrogen (secondary N) is 1. The summed E-state index contributed by atoms with van der Waals surface area (Å²) in [6, 6.07) is 11.6. The first-order chi connectivity index (χ1) is 12.6. The van der Waals surface area contributed by atoms with Gasteiger partial charge in [-0.3, -0.25) is 0 Å². The van der Waals surface area contributed by atoms with Gasteiger partial charge >= 0.3 is 6.18 Å². The summed E-state index contributed by atoms with van der Waals surface area (Å²) in [5, 5.41) is 10.2. The molecule has 9 heteroatoms. The Morgan fingerprint density at radius 3 is 2.15 bits per heavy atom. The van der Waals surface area contributed by atoms with E-state index in [4.69, 9.17) is 4.74 Å². The summed E-state index contributed by atoms with van der Waals surface area (Å²) in [6.07, 6.45) is -4.30. The van der Waals surface area contributed by atoms with Crippen LogP contribution in [0.15, 0.2) is 59.5 Å². The summed E-state index contributed by atoms with van der Waals surface area (Å²) in [5.41, 5.74) is -3.81. The summed E-state index contributed by atoms with van der Waals surface area (Å²) >= 11 is 0. The lowest BCUT2D eigenvalue weighted by atomic mass is 9.93. The predicted octanol–water partition coefficient (Wildman–Crippen LogP) is 3.20. The SMILES string of the molecule is CCCOc1ccc(S(=O)(=O)NC[C@@](O)(c2ccccc2)C(F)(F)F)cc1. The van der Waals surface area contributed by atoms with E-state index >= 15 is 0 Å². The number of aliphatic hydroxyl groups is 1. The van der Waals surface area contributed by atoms with E-state index < -0.39 is 33.9 Å². The summed E-state index contributed by atoms with van der Waals surface area (Å²) < 4.78 is 72.2. The van der Waals surface area contributed by atoms with E-state index in [1.807, 2.05) is 11.6 Å². The molecule has 0 heterocycles. The maximum Gasteiger partial charge on any atom is 0.422 e. The van der Waals surface area contributed by atoms with Crippen LogP contribution in [0.2, 0.25) is 0 Å². The van der Waals surface area contributed by atoms with Crippen molar-refractivity contribution in [2.45, 2.75) is 30.0 Å². The zero-order valence-electron chi connectivity index (χ0n) is 14.5. The van der Waals surface area contributed by atoms with Gasteiger partial charge in [0.25, 0.3) is 0 Å². The molecule has 0 spiro atoms. The Kier molecular flexibility index (Phi) is 6.50. The van der Waals surface area contributed by atoms with Crippen LogP contribution in [0.4, 0.5) is 13.2 Å². The number of hydrogen-bond donors (Lipinski definition) is 2. The fourth-order valence-electron chi connectivity index (χ4n) is 2.30. The molecule has 0 aliphatic heterocycles. The molecular weight excluding hydrogens is 383 g/mol. The van der Waals surface area contributed by atoms with Crippen LogP contribution >= 0.6 is 0 Å². The topological polar surface area (TPSA) is 75.6 Å². The molecule has 0 radical (unpaired) electrons. The molecule has 2 aromatic carbocycles. The van der Waals surface area contributed by atoms with Crippen molar-refractivity contribution in [2.75, 3.05) is 13.2 Å². The van der Waals surface area contributed by atoms with E-state index in [0.717, 1.165) is 18.6 Å². The Balaban J connectivity index is 2.21. The molecule has 0 aromatic heterocycles. The predicted molar refractivity (Wildman–Crippen MR) is 93.8 cm³/mol. The third-order valence-electron chi connectivity index (χ3n) is 3.85. The first-order valence-corrected chi connectivity index (χ1v) is 9.65. The highest BCUT2D eigenvalue weighted by Gasteiger charge is 2.55. The summed E-state index contributed by atoms with van der Waals surface area (Å²) in [4.78, 5) is -0.232. The summed E-state index contributed by atoms with van der Waals surface area (Å²) in [6.45, 7) is 1.12. The third-order valence-corrected chi connectivity index (χ3v) is 5.26. The number of rotatable bonds is 8. The van der Waals surface area contributed by atoms with E-state index in [1.165, 1.54) is 42.5 Å². The maximum atomic E-state index is 13.4. The van der Waals surface area contributed by atoms with Crippen molar-refractivity contribution in [2.24, 2.45) is 0 Å². The second-order valence-electron chi connectivity index (χ2n) is 5.87. The first kappa shape index (κ1) is 21.2. The summed E-state index contributed by atoms with van der Waals surface area (Å²) in [5.74, 6) is 0.451. The number of benzene rings is 2. The monoisotopic (exact) mass is 403 g/mol. The number of hydrogen-bond acceptors (Lipinski definition) is 4. The van der Waals surface area contributed by atoms with E-state index in [1.54, 1.807) is 0 Å². The summed E-state index contributed by atoms with van der Waals surface area (Å²) in [7, 11) is -4.26. The Labute approximate surface area is 155 Å². The van der Waals surface area contributed by atoms with Gasteiger partial charge in [0.05, 0.1) is 18.0 Å². The fourth-order valence-corrected chi connectivity index (χ4v) is 3.36. The lowest BCUT2D eigenvalue weighted by Gasteiger charge is -2.31. The Bertz CT molecular complexity index is 839. The lowest BCUT2D eigenvalue weighted by Crippen LogP contribution is -2.50. The molecule has 27 heavy (non-hydrogen) atoms. The molecular formula is C18H20F3NO4S. The normalized spacial score (nSPS) is 14.6. The smallest absolute Gasteiger partial charge is 0.422 e. The minimum atomic E-state index is -5.07. The van der Waals surface area contributed by atoms with Crippen LogP contribution in [0.5, 0.6) is 5.75 Å². The van der Waals surface area contributed by atoms with Crippen molar-refractivity contribution in [1.82, 2.24) is 4.72 Å². The van der Waals surface area contributed by atoms with Crippen LogP contribution in [0.1, 0.15) is 18.9 Å². The van der Waals surface area contributed by atoms with Gasteiger partial charge in [0, 0.05) is 0 Å². The molecule has 0 aliphatic carbocycles. The van der Waals surface area contributed by atoms with Gasteiger partial charge in [-0.05, 0) is 36.2 Å². The molecule has 2 aromatic rings. The van der Waals surface area contributed by atoms with Crippen molar-refractivity contribution in [3.63, 3.8) is 0 Å². The maximum absolute atomic E-state index is 13.4. The van der Waals surface area contributed by atoms with Crippen LogP contribution in [-0.4, -0.2) is 32.9 Å². The van der Waals surface area contributed by atoms with Gasteiger partial charge in [-0.1, -0.05) is 37.3 Å². The number of sulfonamides is 1. The van der Waals surface area contributed by atoms with E-state index in [9.17, 15) is 26.7 Å². The van der Waals surface area contributed by atoms with Gasteiger partial charge in [-0.2, -0.15) is 13.2 Å². The minimum absolute atomic E-state index is 0.232. The standard InChI is InChI=1S/C18H20F3NO4S/c1-2-12-26-15-8-10-16(11-9-15)27(24,25)22-13-17(23,18(19,20)21)14-6-4-3-5-7-14/h3-11,22-23H,2,12-13H2,1H3/t17-/m1/s1. The van der Waals surface area contributed by atoms with Gasteiger partial charge in [0.2, 0.25) is 10.0 Å². The van der Waals surface area contributed by atoms with E-state index in [2.05, 4.69) is 0 Å². The molecule has 2 rings (SSSR count). The van der Waals surface area contributed by atoms with Crippen molar-refractivity contribution >= 4 is 10.0 Å². The molecule has 0 saturated heterocycles. The van der Waals surface area contributed by atoms with E-state index in [0.29, 0.717) is 12.4 Å². The highest BCUT2D eigenvalue weighted by atomic mass is 32.2. The quantitative estimate of drug-likeness (QED) is 0.710. The molecule has 1 atom stereocenters. The second kappa shape index (κ2) is 8.28. The Morgan fingerprint density at radius 1 is 1.04 bits per heavy atom. The number of alkyl halides is 3.